The lowest BCUT2D eigenvalue weighted by Crippen LogP contribution is -2.42. The van der Waals surface area contributed by atoms with Crippen LogP contribution in [0.3, 0.4) is 0 Å². The van der Waals surface area contributed by atoms with E-state index in [0.29, 0.717) is 12.5 Å². The Morgan fingerprint density at radius 3 is 2.31 bits per heavy atom. The van der Waals surface area contributed by atoms with E-state index in [9.17, 15) is 9.59 Å². The number of nitrogens with zero attached hydrogens (tertiary/aromatic N) is 1. The summed E-state index contributed by atoms with van der Waals surface area (Å²) in [7, 11) is 0. The smallest absolute Gasteiger partial charge is 0.312 e. The molecule has 0 heterocycles. The topological polar surface area (TPSA) is 57.6 Å². The van der Waals surface area contributed by atoms with Crippen molar-refractivity contribution >= 4 is 11.9 Å². The van der Waals surface area contributed by atoms with Crippen LogP contribution in [0.25, 0.3) is 0 Å². The van der Waals surface area contributed by atoms with Crippen LogP contribution in [0.4, 0.5) is 0 Å². The van der Waals surface area contributed by atoms with Gasteiger partial charge in [-0.1, -0.05) is 26.7 Å². The van der Waals surface area contributed by atoms with Gasteiger partial charge in [0.1, 0.15) is 6.42 Å². The molecule has 1 aliphatic rings. The maximum absolute atomic E-state index is 11.8. The van der Waals surface area contributed by atoms with Crippen molar-refractivity contribution in [2.75, 3.05) is 6.54 Å². The van der Waals surface area contributed by atoms with Gasteiger partial charge in [-0.15, -0.1) is 0 Å². The van der Waals surface area contributed by atoms with Gasteiger partial charge < -0.3 is 10.0 Å². The van der Waals surface area contributed by atoms with Gasteiger partial charge in [-0.2, -0.15) is 0 Å². The summed E-state index contributed by atoms with van der Waals surface area (Å²) in [6.45, 7) is 4.78. The average molecular weight is 227 g/mol. The SMILES string of the molecule is CC(C)CN(C(=O)CC(=O)O)C1CCCC1. The number of amides is 1. The van der Waals surface area contributed by atoms with Crippen LogP contribution in [0.15, 0.2) is 0 Å². The number of rotatable bonds is 5. The van der Waals surface area contributed by atoms with E-state index in [0.717, 1.165) is 25.7 Å². The van der Waals surface area contributed by atoms with Crippen molar-refractivity contribution in [3.8, 4) is 0 Å². The zero-order valence-electron chi connectivity index (χ0n) is 10.1. The monoisotopic (exact) mass is 227 g/mol. The van der Waals surface area contributed by atoms with Crippen LogP contribution in [0, 0.1) is 5.92 Å². The van der Waals surface area contributed by atoms with Crippen molar-refractivity contribution < 1.29 is 14.7 Å². The summed E-state index contributed by atoms with van der Waals surface area (Å²) in [5.41, 5.74) is 0. The number of hydrogen-bond donors (Lipinski definition) is 1. The Balaban J connectivity index is 2.61. The zero-order valence-corrected chi connectivity index (χ0v) is 10.1. The molecule has 1 rings (SSSR count). The van der Waals surface area contributed by atoms with Crippen molar-refractivity contribution in [3.63, 3.8) is 0 Å². The normalized spacial score (nSPS) is 16.7. The van der Waals surface area contributed by atoms with Crippen LogP contribution >= 0.6 is 0 Å². The van der Waals surface area contributed by atoms with Gasteiger partial charge in [-0.25, -0.2) is 0 Å². The molecule has 4 nitrogen and oxygen atoms in total. The first-order valence-electron chi connectivity index (χ1n) is 6.02. The van der Waals surface area contributed by atoms with E-state index in [1.165, 1.54) is 0 Å². The zero-order chi connectivity index (χ0) is 12.1. The van der Waals surface area contributed by atoms with Crippen LogP contribution in [0.2, 0.25) is 0 Å². The quantitative estimate of drug-likeness (QED) is 0.730. The minimum absolute atomic E-state index is 0.229. The fourth-order valence-corrected chi connectivity index (χ4v) is 2.29. The molecule has 0 aromatic rings. The summed E-state index contributed by atoms with van der Waals surface area (Å²) in [5.74, 6) is -0.872. The second kappa shape index (κ2) is 5.87. The Labute approximate surface area is 96.6 Å². The first-order valence-corrected chi connectivity index (χ1v) is 6.02. The van der Waals surface area contributed by atoms with Gasteiger partial charge in [-0.3, -0.25) is 9.59 Å². The van der Waals surface area contributed by atoms with E-state index in [4.69, 9.17) is 5.11 Å². The van der Waals surface area contributed by atoms with Crippen molar-refractivity contribution in [1.82, 2.24) is 4.90 Å². The number of carbonyl (C=O) groups is 2. The van der Waals surface area contributed by atoms with Gasteiger partial charge in [0, 0.05) is 12.6 Å². The molecular formula is C12H21NO3. The molecule has 0 aliphatic heterocycles. The third kappa shape index (κ3) is 3.83. The highest BCUT2D eigenvalue weighted by atomic mass is 16.4. The fraction of sp³-hybridized carbons (Fsp3) is 0.833. The molecule has 0 unspecified atom stereocenters. The minimum atomic E-state index is -1.03. The van der Waals surface area contributed by atoms with Crippen LogP contribution in [-0.2, 0) is 9.59 Å². The van der Waals surface area contributed by atoms with Gasteiger partial charge in [0.2, 0.25) is 5.91 Å². The molecule has 1 N–H and O–H groups in total. The highest BCUT2D eigenvalue weighted by Crippen LogP contribution is 2.24. The third-order valence-electron chi connectivity index (χ3n) is 2.95. The number of carbonyl (C=O) groups excluding carboxylic acids is 1. The van der Waals surface area contributed by atoms with Crippen molar-refractivity contribution in [3.05, 3.63) is 0 Å². The van der Waals surface area contributed by atoms with E-state index < -0.39 is 5.97 Å². The summed E-state index contributed by atoms with van der Waals surface area (Å²) >= 11 is 0. The fourth-order valence-electron chi connectivity index (χ4n) is 2.29. The molecule has 16 heavy (non-hydrogen) atoms. The lowest BCUT2D eigenvalue weighted by Gasteiger charge is -2.30. The summed E-state index contributed by atoms with van der Waals surface area (Å²) in [6.07, 6.45) is 3.98. The molecule has 0 atom stereocenters. The first-order chi connectivity index (χ1) is 7.50. The standard InChI is InChI=1S/C12H21NO3/c1-9(2)8-13(10-5-3-4-6-10)11(14)7-12(15)16/h9-10H,3-8H2,1-2H3,(H,15,16). The van der Waals surface area contributed by atoms with Gasteiger partial charge in [0.25, 0.3) is 0 Å². The lowest BCUT2D eigenvalue weighted by molar-refractivity contribution is -0.145. The number of carboxylic acids is 1. The Morgan fingerprint density at radius 2 is 1.88 bits per heavy atom. The van der Waals surface area contributed by atoms with Crippen LogP contribution < -0.4 is 0 Å². The molecule has 0 spiro atoms. The summed E-state index contributed by atoms with van der Waals surface area (Å²) in [4.78, 5) is 24.2. The second-order valence-electron chi connectivity index (χ2n) is 4.95. The molecule has 0 aromatic heterocycles. The van der Waals surface area contributed by atoms with Crippen LogP contribution in [0.1, 0.15) is 46.0 Å². The molecule has 92 valence electrons. The Hall–Kier alpha value is -1.06. The predicted octanol–water partition coefficient (Wildman–Crippen LogP) is 1.89. The van der Waals surface area contributed by atoms with Gasteiger partial charge in [0.05, 0.1) is 0 Å². The molecule has 1 aliphatic carbocycles. The molecule has 4 heteroatoms. The number of carboxylic acid groups (broad SMARTS) is 1. The lowest BCUT2D eigenvalue weighted by atomic mass is 10.1. The van der Waals surface area contributed by atoms with E-state index in [2.05, 4.69) is 13.8 Å². The summed E-state index contributed by atoms with van der Waals surface area (Å²) < 4.78 is 0. The largest absolute Gasteiger partial charge is 0.481 e. The molecule has 0 aromatic carbocycles. The highest BCUT2D eigenvalue weighted by molar-refractivity contribution is 5.93. The molecule has 1 saturated carbocycles. The number of aliphatic carboxylic acids is 1. The predicted molar refractivity (Wildman–Crippen MR) is 61.1 cm³/mol. The minimum Gasteiger partial charge on any atom is -0.481 e. The van der Waals surface area contributed by atoms with Gasteiger partial charge >= 0.3 is 5.97 Å². The van der Waals surface area contributed by atoms with Crippen molar-refractivity contribution in [1.29, 1.82) is 0 Å². The van der Waals surface area contributed by atoms with Gasteiger partial charge in [0.15, 0.2) is 0 Å². The Kier molecular flexibility index (Phi) is 4.77. The second-order valence-corrected chi connectivity index (χ2v) is 4.95. The molecular weight excluding hydrogens is 206 g/mol. The third-order valence-corrected chi connectivity index (χ3v) is 2.95. The highest BCUT2D eigenvalue weighted by Gasteiger charge is 2.27. The maximum Gasteiger partial charge on any atom is 0.312 e. The average Bonchev–Trinajstić information content (AvgIpc) is 2.64. The van der Waals surface area contributed by atoms with E-state index in [1.54, 1.807) is 4.90 Å². The molecule has 0 radical (unpaired) electrons. The van der Waals surface area contributed by atoms with Crippen molar-refractivity contribution in [2.24, 2.45) is 5.92 Å². The molecule has 1 amide bonds. The molecule has 0 bridgehead atoms. The molecule has 1 fully saturated rings. The summed E-state index contributed by atoms with van der Waals surface area (Å²) in [6, 6.07) is 0.272. The maximum atomic E-state index is 11.8. The van der Waals surface area contributed by atoms with Crippen LogP contribution in [-0.4, -0.2) is 34.5 Å². The van der Waals surface area contributed by atoms with E-state index in [1.807, 2.05) is 0 Å². The number of hydrogen-bond acceptors (Lipinski definition) is 2. The van der Waals surface area contributed by atoms with E-state index >= 15 is 0 Å². The van der Waals surface area contributed by atoms with Gasteiger partial charge in [-0.05, 0) is 18.8 Å². The van der Waals surface area contributed by atoms with Crippen LogP contribution in [0.5, 0.6) is 0 Å². The molecule has 0 saturated heterocycles. The van der Waals surface area contributed by atoms with E-state index in [-0.39, 0.29) is 18.4 Å². The first kappa shape index (κ1) is 13.0. The Bertz CT molecular complexity index is 257. The Morgan fingerprint density at radius 1 is 1.31 bits per heavy atom. The van der Waals surface area contributed by atoms with Crippen molar-refractivity contribution in [2.45, 2.75) is 52.0 Å². The summed E-state index contributed by atoms with van der Waals surface area (Å²) in [5, 5.41) is 8.66.